The van der Waals surface area contributed by atoms with Crippen molar-refractivity contribution in [3.63, 3.8) is 0 Å². The Labute approximate surface area is 142 Å². The molecule has 1 fully saturated rings. The molecule has 3 nitrogen and oxygen atoms in total. The van der Waals surface area contributed by atoms with E-state index in [0.29, 0.717) is 0 Å². The fraction of sp³-hybridized carbons (Fsp3) is 0.333. The van der Waals surface area contributed by atoms with Crippen molar-refractivity contribution in [2.75, 3.05) is 0 Å². The highest BCUT2D eigenvalue weighted by atomic mass is 16.8. The predicted octanol–water partition coefficient (Wildman–Crippen LogP) is 3.42. The summed E-state index contributed by atoms with van der Waals surface area (Å²) in [6, 6.07) is 20.6. The van der Waals surface area contributed by atoms with Crippen LogP contribution >= 0.6 is 0 Å². The first kappa shape index (κ1) is 15.6. The third-order valence-electron chi connectivity index (χ3n) is 4.97. The first-order valence-electron chi connectivity index (χ1n) is 8.37. The van der Waals surface area contributed by atoms with Crippen molar-refractivity contribution in [2.24, 2.45) is 0 Å². The van der Waals surface area contributed by atoms with Gasteiger partial charge < -0.3 is 14.6 Å². The normalized spacial score (nSPS) is 30.0. The Kier molecular flexibility index (Phi) is 3.61. The highest BCUT2D eigenvalue weighted by Gasteiger charge is 2.57. The van der Waals surface area contributed by atoms with Crippen LogP contribution in [0.25, 0.3) is 0 Å². The average molecular weight is 322 g/mol. The molecule has 0 amide bonds. The quantitative estimate of drug-likeness (QED) is 0.861. The summed E-state index contributed by atoms with van der Waals surface area (Å²) in [6.45, 7) is 3.80. The molecular formula is C21H22O3. The van der Waals surface area contributed by atoms with Crippen molar-refractivity contribution in [1.82, 2.24) is 0 Å². The van der Waals surface area contributed by atoms with Crippen LogP contribution in [0.4, 0.5) is 0 Å². The van der Waals surface area contributed by atoms with E-state index in [1.165, 1.54) is 0 Å². The third kappa shape index (κ3) is 2.32. The van der Waals surface area contributed by atoms with Crippen LogP contribution in [0.1, 0.15) is 25.0 Å². The Morgan fingerprint density at radius 3 is 1.92 bits per heavy atom. The van der Waals surface area contributed by atoms with E-state index in [9.17, 15) is 5.11 Å². The van der Waals surface area contributed by atoms with Crippen molar-refractivity contribution in [3.8, 4) is 0 Å². The van der Waals surface area contributed by atoms with Crippen LogP contribution in [0.3, 0.4) is 0 Å². The largest absolute Gasteiger partial charge is 0.386 e. The molecule has 1 heterocycles. The van der Waals surface area contributed by atoms with E-state index >= 15 is 0 Å². The minimum atomic E-state index is -0.725. The maximum atomic E-state index is 10.4. The van der Waals surface area contributed by atoms with Crippen LogP contribution in [-0.2, 0) is 14.9 Å². The summed E-state index contributed by atoms with van der Waals surface area (Å²) in [5.74, 6) is -0.725. The number of benzene rings is 2. The fourth-order valence-corrected chi connectivity index (χ4v) is 3.96. The van der Waals surface area contributed by atoms with Crippen molar-refractivity contribution < 1.29 is 14.6 Å². The van der Waals surface area contributed by atoms with Gasteiger partial charge in [0.1, 0.15) is 18.3 Å². The van der Waals surface area contributed by atoms with Gasteiger partial charge in [-0.1, -0.05) is 72.8 Å². The molecule has 2 aliphatic rings. The van der Waals surface area contributed by atoms with E-state index in [2.05, 4.69) is 30.3 Å². The average Bonchev–Trinajstić information content (AvgIpc) is 2.94. The van der Waals surface area contributed by atoms with Crippen molar-refractivity contribution >= 4 is 0 Å². The smallest absolute Gasteiger partial charge is 0.163 e. The van der Waals surface area contributed by atoms with Gasteiger partial charge in [0.25, 0.3) is 0 Å². The molecular weight excluding hydrogens is 300 g/mol. The van der Waals surface area contributed by atoms with Gasteiger partial charge >= 0.3 is 0 Å². The third-order valence-corrected chi connectivity index (χ3v) is 4.97. The van der Waals surface area contributed by atoms with Crippen molar-refractivity contribution in [2.45, 2.75) is 43.4 Å². The first-order valence-corrected chi connectivity index (χ1v) is 8.37. The molecule has 3 heteroatoms. The Balaban J connectivity index is 1.95. The van der Waals surface area contributed by atoms with E-state index < -0.39 is 23.4 Å². The highest BCUT2D eigenvalue weighted by Crippen LogP contribution is 2.48. The minimum absolute atomic E-state index is 0.294. The molecule has 0 saturated carbocycles. The van der Waals surface area contributed by atoms with Crippen LogP contribution in [0.15, 0.2) is 72.8 Å². The number of rotatable bonds is 2. The molecule has 0 unspecified atom stereocenters. The van der Waals surface area contributed by atoms with Crippen LogP contribution in [0, 0.1) is 0 Å². The van der Waals surface area contributed by atoms with Gasteiger partial charge in [-0.2, -0.15) is 0 Å². The Bertz CT molecular complexity index is 697. The maximum Gasteiger partial charge on any atom is 0.163 e. The number of aliphatic hydroxyl groups is 1. The predicted molar refractivity (Wildman–Crippen MR) is 92.6 cm³/mol. The van der Waals surface area contributed by atoms with E-state index in [4.69, 9.17) is 9.47 Å². The molecule has 24 heavy (non-hydrogen) atoms. The van der Waals surface area contributed by atoms with E-state index in [-0.39, 0.29) is 6.10 Å². The highest BCUT2D eigenvalue weighted by molar-refractivity contribution is 5.49. The lowest BCUT2D eigenvalue weighted by atomic mass is 9.65. The lowest BCUT2D eigenvalue weighted by Gasteiger charge is -2.42. The Morgan fingerprint density at radius 1 is 0.833 bits per heavy atom. The van der Waals surface area contributed by atoms with Crippen LogP contribution in [-0.4, -0.2) is 29.2 Å². The van der Waals surface area contributed by atoms with Crippen LogP contribution in [0.5, 0.6) is 0 Å². The molecule has 2 aromatic rings. The van der Waals surface area contributed by atoms with Crippen LogP contribution < -0.4 is 0 Å². The lowest BCUT2D eigenvalue weighted by molar-refractivity contribution is -0.153. The van der Waals surface area contributed by atoms with Gasteiger partial charge in [-0.3, -0.25) is 0 Å². The van der Waals surface area contributed by atoms with Crippen molar-refractivity contribution in [3.05, 3.63) is 83.9 Å². The van der Waals surface area contributed by atoms with Gasteiger partial charge in [0, 0.05) is 0 Å². The van der Waals surface area contributed by atoms with Gasteiger partial charge in [0.05, 0.1) is 5.41 Å². The molecule has 4 rings (SSSR count). The van der Waals surface area contributed by atoms with E-state index in [1.807, 2.05) is 56.3 Å². The van der Waals surface area contributed by atoms with E-state index in [1.54, 1.807) is 0 Å². The monoisotopic (exact) mass is 322 g/mol. The SMILES string of the molecule is CC1(C)O[C@H]2[C@H](O)C=CC(c3ccccc3)(c3ccccc3)[C@H]2O1. The second kappa shape index (κ2) is 5.55. The number of hydrogen-bond donors (Lipinski definition) is 1. The first-order chi connectivity index (χ1) is 11.5. The standard InChI is InChI=1S/C21H22O3/c1-20(2)23-18-17(22)13-14-21(19(18)24-20,15-9-5-3-6-10-15)16-11-7-4-8-12-16/h3-14,17-19,22H,1-2H3/t17-,18+,19+/m1/s1. The molecule has 0 bridgehead atoms. The molecule has 0 spiro atoms. The molecule has 1 saturated heterocycles. The number of ether oxygens (including phenoxy) is 2. The summed E-state index contributed by atoms with van der Waals surface area (Å²) in [5, 5.41) is 10.4. The lowest BCUT2D eigenvalue weighted by Crippen LogP contribution is -2.51. The van der Waals surface area contributed by atoms with Gasteiger partial charge in [-0.25, -0.2) is 0 Å². The minimum Gasteiger partial charge on any atom is -0.386 e. The van der Waals surface area contributed by atoms with Crippen molar-refractivity contribution in [1.29, 1.82) is 0 Å². The fourth-order valence-electron chi connectivity index (χ4n) is 3.96. The summed E-state index contributed by atoms with van der Waals surface area (Å²) < 4.78 is 12.4. The van der Waals surface area contributed by atoms with E-state index in [0.717, 1.165) is 11.1 Å². The second-order valence-electron chi connectivity index (χ2n) is 6.97. The maximum absolute atomic E-state index is 10.4. The van der Waals surface area contributed by atoms with Crippen LogP contribution in [0.2, 0.25) is 0 Å². The number of aliphatic hydroxyl groups excluding tert-OH is 1. The van der Waals surface area contributed by atoms with Gasteiger partial charge in [-0.05, 0) is 25.0 Å². The molecule has 0 radical (unpaired) electrons. The molecule has 1 aliphatic heterocycles. The summed E-state index contributed by atoms with van der Waals surface area (Å²) in [5.41, 5.74) is 1.78. The van der Waals surface area contributed by atoms with Gasteiger partial charge in [-0.15, -0.1) is 0 Å². The molecule has 2 aromatic carbocycles. The topological polar surface area (TPSA) is 38.7 Å². The zero-order valence-corrected chi connectivity index (χ0v) is 13.9. The molecule has 0 aromatic heterocycles. The zero-order valence-electron chi connectivity index (χ0n) is 13.9. The summed E-state index contributed by atoms with van der Waals surface area (Å²) >= 11 is 0. The summed E-state index contributed by atoms with van der Waals surface area (Å²) in [7, 11) is 0. The molecule has 1 aliphatic carbocycles. The molecule has 3 atom stereocenters. The molecule has 1 N–H and O–H groups in total. The summed E-state index contributed by atoms with van der Waals surface area (Å²) in [6.07, 6.45) is 2.56. The number of fused-ring (bicyclic) bond motifs is 1. The molecule has 124 valence electrons. The Morgan fingerprint density at radius 2 is 1.38 bits per heavy atom. The van der Waals surface area contributed by atoms with Gasteiger partial charge in [0.2, 0.25) is 0 Å². The second-order valence-corrected chi connectivity index (χ2v) is 6.97. The Hall–Kier alpha value is -1.94. The number of hydrogen-bond acceptors (Lipinski definition) is 3. The zero-order chi connectivity index (χ0) is 16.8. The summed E-state index contributed by atoms with van der Waals surface area (Å²) in [4.78, 5) is 0. The van der Waals surface area contributed by atoms with Gasteiger partial charge in [0.15, 0.2) is 5.79 Å².